The maximum absolute atomic E-state index is 12.3. The number of nitrogens with two attached hydrogens (primary N) is 1. The van der Waals surface area contributed by atoms with Crippen molar-refractivity contribution in [2.24, 2.45) is 12.8 Å². The van der Waals surface area contributed by atoms with E-state index in [9.17, 15) is 9.59 Å². The number of nitrogens with one attached hydrogen (secondary N) is 1. The zero-order valence-electron chi connectivity index (χ0n) is 14.7. The molecule has 0 aliphatic rings. The van der Waals surface area contributed by atoms with E-state index in [1.165, 1.54) is 12.3 Å². The Morgan fingerprint density at radius 2 is 2.00 bits per heavy atom. The summed E-state index contributed by atoms with van der Waals surface area (Å²) in [6.07, 6.45) is 2.08. The van der Waals surface area contributed by atoms with Crippen molar-refractivity contribution in [3.8, 4) is 11.5 Å². The zero-order valence-corrected chi connectivity index (χ0v) is 14.7. The van der Waals surface area contributed by atoms with E-state index in [1.807, 2.05) is 37.3 Å². The molecule has 0 radical (unpaired) electrons. The van der Waals surface area contributed by atoms with E-state index in [4.69, 9.17) is 10.2 Å². The van der Waals surface area contributed by atoms with E-state index in [-0.39, 0.29) is 5.91 Å². The lowest BCUT2D eigenvalue weighted by Gasteiger charge is -2.05. The van der Waals surface area contributed by atoms with Gasteiger partial charge in [0.25, 0.3) is 5.91 Å². The van der Waals surface area contributed by atoms with Crippen molar-refractivity contribution in [2.75, 3.05) is 6.54 Å². The fraction of sp³-hybridized carbons (Fsp3) is 0.211. The van der Waals surface area contributed by atoms with Crippen LogP contribution in [-0.4, -0.2) is 27.9 Å². The standard InChI is InChI=1S/C19H20N4O3/c1-12-15(22-19(26-12)13-6-4-3-5-7-13)8-9-21-18(25)16-10-14(17(20)24)11-23(16)2/h3-7,10-11H,8-9H2,1-2H3,(H2,20,24)(H,21,25). The summed E-state index contributed by atoms with van der Waals surface area (Å²) in [5.74, 6) is 0.460. The zero-order chi connectivity index (χ0) is 18.7. The normalized spacial score (nSPS) is 10.7. The van der Waals surface area contributed by atoms with E-state index in [2.05, 4.69) is 10.3 Å². The summed E-state index contributed by atoms with van der Waals surface area (Å²) in [4.78, 5) is 28.0. The van der Waals surface area contributed by atoms with Crippen molar-refractivity contribution in [2.45, 2.75) is 13.3 Å². The lowest BCUT2D eigenvalue weighted by Crippen LogP contribution is -2.27. The number of aromatic nitrogens is 2. The molecule has 134 valence electrons. The van der Waals surface area contributed by atoms with Crippen molar-refractivity contribution in [3.05, 3.63) is 65.3 Å². The van der Waals surface area contributed by atoms with Gasteiger partial charge in [-0.3, -0.25) is 9.59 Å². The molecule has 0 atom stereocenters. The molecular weight excluding hydrogens is 332 g/mol. The molecule has 0 unspecified atom stereocenters. The first-order valence-electron chi connectivity index (χ1n) is 8.22. The molecule has 7 heteroatoms. The van der Waals surface area contributed by atoms with Crippen molar-refractivity contribution in [3.63, 3.8) is 0 Å². The molecule has 3 N–H and O–H groups in total. The summed E-state index contributed by atoms with van der Waals surface area (Å²) in [5.41, 5.74) is 7.63. The van der Waals surface area contributed by atoms with Gasteiger partial charge in [-0.2, -0.15) is 0 Å². The fourth-order valence-corrected chi connectivity index (χ4v) is 2.67. The minimum absolute atomic E-state index is 0.274. The first kappa shape index (κ1) is 17.5. The highest BCUT2D eigenvalue weighted by Gasteiger charge is 2.15. The van der Waals surface area contributed by atoms with Crippen LogP contribution in [0, 0.1) is 6.92 Å². The Hall–Kier alpha value is -3.35. The highest BCUT2D eigenvalue weighted by molar-refractivity contribution is 5.98. The smallest absolute Gasteiger partial charge is 0.267 e. The summed E-state index contributed by atoms with van der Waals surface area (Å²) in [5, 5.41) is 2.82. The second kappa shape index (κ2) is 7.26. The lowest BCUT2D eigenvalue weighted by atomic mass is 10.2. The first-order valence-corrected chi connectivity index (χ1v) is 8.22. The number of carbonyl (C=O) groups excluding carboxylic acids is 2. The van der Waals surface area contributed by atoms with Crippen molar-refractivity contribution < 1.29 is 14.0 Å². The molecule has 3 rings (SSSR count). The van der Waals surface area contributed by atoms with Gasteiger partial charge in [0.15, 0.2) is 0 Å². The molecule has 0 bridgehead atoms. The number of hydrogen-bond acceptors (Lipinski definition) is 4. The Kier molecular flexibility index (Phi) is 4.88. The van der Waals surface area contributed by atoms with Crippen LogP contribution in [0.5, 0.6) is 0 Å². The van der Waals surface area contributed by atoms with Crippen molar-refractivity contribution >= 4 is 11.8 Å². The average Bonchev–Trinajstić information content (AvgIpc) is 3.19. The highest BCUT2D eigenvalue weighted by atomic mass is 16.4. The summed E-state index contributed by atoms with van der Waals surface area (Å²) in [6, 6.07) is 11.1. The van der Waals surface area contributed by atoms with Gasteiger partial charge in [0, 0.05) is 31.8 Å². The number of amides is 2. The molecule has 2 aromatic heterocycles. The van der Waals surface area contributed by atoms with Crippen LogP contribution in [0.3, 0.4) is 0 Å². The summed E-state index contributed by atoms with van der Waals surface area (Å²) in [6.45, 7) is 2.25. The monoisotopic (exact) mass is 352 g/mol. The molecule has 0 saturated carbocycles. The van der Waals surface area contributed by atoms with Crippen molar-refractivity contribution in [1.82, 2.24) is 14.9 Å². The van der Waals surface area contributed by atoms with Gasteiger partial charge in [0.1, 0.15) is 11.5 Å². The maximum Gasteiger partial charge on any atom is 0.267 e. The van der Waals surface area contributed by atoms with Gasteiger partial charge in [-0.15, -0.1) is 0 Å². The number of oxazole rings is 1. The second-order valence-corrected chi connectivity index (χ2v) is 5.98. The van der Waals surface area contributed by atoms with Gasteiger partial charge in [-0.05, 0) is 25.1 Å². The highest BCUT2D eigenvalue weighted by Crippen LogP contribution is 2.21. The first-order chi connectivity index (χ1) is 12.5. The third-order valence-corrected chi connectivity index (χ3v) is 4.08. The molecular formula is C19H20N4O3. The number of aryl methyl sites for hydroxylation is 2. The molecule has 2 heterocycles. The summed E-state index contributed by atoms with van der Waals surface area (Å²) in [7, 11) is 1.69. The van der Waals surface area contributed by atoms with Gasteiger partial charge in [-0.25, -0.2) is 4.98 Å². The van der Waals surface area contributed by atoms with E-state index in [0.29, 0.717) is 30.1 Å². The van der Waals surface area contributed by atoms with Gasteiger partial charge >= 0.3 is 0 Å². The fourth-order valence-electron chi connectivity index (χ4n) is 2.67. The average molecular weight is 352 g/mol. The molecule has 3 aromatic rings. The van der Waals surface area contributed by atoms with E-state index < -0.39 is 5.91 Å². The summed E-state index contributed by atoms with van der Waals surface area (Å²) >= 11 is 0. The third-order valence-electron chi connectivity index (χ3n) is 4.08. The minimum atomic E-state index is -0.564. The quantitative estimate of drug-likeness (QED) is 0.708. The third kappa shape index (κ3) is 3.66. The number of primary amides is 1. The van der Waals surface area contributed by atoms with Crippen LogP contribution < -0.4 is 11.1 Å². The van der Waals surface area contributed by atoms with Crippen LogP contribution in [0.1, 0.15) is 32.3 Å². The number of rotatable bonds is 6. The van der Waals surface area contributed by atoms with Crippen LogP contribution in [0.2, 0.25) is 0 Å². The number of hydrogen-bond donors (Lipinski definition) is 2. The SMILES string of the molecule is Cc1oc(-c2ccccc2)nc1CCNC(=O)c1cc(C(N)=O)cn1C. The number of carbonyl (C=O) groups is 2. The molecule has 2 amide bonds. The largest absolute Gasteiger partial charge is 0.441 e. The molecule has 0 spiro atoms. The molecule has 0 aliphatic carbocycles. The topological polar surface area (TPSA) is 103 Å². The lowest BCUT2D eigenvalue weighted by molar-refractivity contribution is 0.0945. The second-order valence-electron chi connectivity index (χ2n) is 5.98. The van der Waals surface area contributed by atoms with E-state index in [1.54, 1.807) is 11.6 Å². The van der Waals surface area contributed by atoms with Crippen LogP contribution in [0.15, 0.2) is 47.0 Å². The van der Waals surface area contributed by atoms with Crippen LogP contribution in [0.4, 0.5) is 0 Å². The molecule has 7 nitrogen and oxygen atoms in total. The van der Waals surface area contributed by atoms with Gasteiger partial charge in [0.2, 0.25) is 11.8 Å². The predicted molar refractivity (Wildman–Crippen MR) is 96.6 cm³/mol. The van der Waals surface area contributed by atoms with Gasteiger partial charge < -0.3 is 20.0 Å². The van der Waals surface area contributed by atoms with E-state index >= 15 is 0 Å². The van der Waals surface area contributed by atoms with E-state index in [0.717, 1.165) is 17.0 Å². The van der Waals surface area contributed by atoms with Crippen LogP contribution in [-0.2, 0) is 13.5 Å². The number of benzene rings is 1. The molecule has 26 heavy (non-hydrogen) atoms. The maximum atomic E-state index is 12.3. The molecule has 0 aliphatic heterocycles. The Labute approximate surface area is 150 Å². The molecule has 0 saturated heterocycles. The van der Waals surface area contributed by atoms with Gasteiger partial charge in [0.05, 0.1) is 11.3 Å². The Balaban J connectivity index is 1.62. The Morgan fingerprint density at radius 3 is 2.65 bits per heavy atom. The van der Waals surface area contributed by atoms with Crippen LogP contribution >= 0.6 is 0 Å². The van der Waals surface area contributed by atoms with Crippen LogP contribution in [0.25, 0.3) is 11.5 Å². The number of nitrogens with zero attached hydrogens (tertiary/aromatic N) is 2. The predicted octanol–water partition coefficient (Wildman–Crippen LogP) is 2.06. The summed E-state index contributed by atoms with van der Waals surface area (Å²) < 4.78 is 7.29. The van der Waals surface area contributed by atoms with Crippen molar-refractivity contribution in [1.29, 1.82) is 0 Å². The Morgan fingerprint density at radius 1 is 1.27 bits per heavy atom. The van der Waals surface area contributed by atoms with Gasteiger partial charge in [-0.1, -0.05) is 18.2 Å². The molecule has 1 aromatic carbocycles. The molecule has 0 fully saturated rings. The Bertz CT molecular complexity index is 941. The minimum Gasteiger partial charge on any atom is -0.441 e.